The predicted octanol–water partition coefficient (Wildman–Crippen LogP) is 4.53. The number of benzene rings is 2. The van der Waals surface area contributed by atoms with Crippen LogP contribution in [-0.4, -0.2) is 0 Å². The van der Waals surface area contributed by atoms with Crippen LogP contribution in [0.4, 0.5) is 0 Å². The lowest BCUT2D eigenvalue weighted by molar-refractivity contribution is 1.14. The Morgan fingerprint density at radius 1 is 0.938 bits per heavy atom. The number of aryl methyl sites for hydroxylation is 2. The third kappa shape index (κ3) is 2.01. The standard InChI is InChI=1S/C16H18/c1-4-14-8-6-9-15(11-14)16-10-5-7-12(2)13(16)3/h5-11H,4H2,1-3H3. The fraction of sp³-hybridized carbons (Fsp3) is 0.250. The average Bonchev–Trinajstić information content (AvgIpc) is 2.33. The third-order valence-electron chi connectivity index (χ3n) is 3.25. The highest BCUT2D eigenvalue weighted by atomic mass is 14.1. The normalized spacial score (nSPS) is 10.4. The number of hydrogen-bond acceptors (Lipinski definition) is 0. The molecule has 0 spiro atoms. The van der Waals surface area contributed by atoms with Gasteiger partial charge in [-0.25, -0.2) is 0 Å². The molecule has 82 valence electrons. The molecule has 2 rings (SSSR count). The zero-order valence-corrected chi connectivity index (χ0v) is 10.2. The summed E-state index contributed by atoms with van der Waals surface area (Å²) in [5.41, 5.74) is 6.84. The number of rotatable bonds is 2. The van der Waals surface area contributed by atoms with Crippen molar-refractivity contribution in [3.63, 3.8) is 0 Å². The van der Waals surface area contributed by atoms with Crippen molar-refractivity contribution >= 4 is 0 Å². The Hall–Kier alpha value is -1.56. The van der Waals surface area contributed by atoms with Crippen molar-refractivity contribution in [2.75, 3.05) is 0 Å². The van der Waals surface area contributed by atoms with Gasteiger partial charge in [0.1, 0.15) is 0 Å². The van der Waals surface area contributed by atoms with E-state index in [-0.39, 0.29) is 0 Å². The molecule has 0 aromatic heterocycles. The van der Waals surface area contributed by atoms with Gasteiger partial charge in [0.25, 0.3) is 0 Å². The summed E-state index contributed by atoms with van der Waals surface area (Å²) in [4.78, 5) is 0. The van der Waals surface area contributed by atoms with Crippen LogP contribution in [0.15, 0.2) is 42.5 Å². The van der Waals surface area contributed by atoms with E-state index in [1.54, 1.807) is 0 Å². The molecule has 0 aliphatic carbocycles. The highest BCUT2D eigenvalue weighted by Crippen LogP contribution is 2.26. The number of hydrogen-bond donors (Lipinski definition) is 0. The van der Waals surface area contributed by atoms with Gasteiger partial charge < -0.3 is 0 Å². The molecule has 0 aliphatic heterocycles. The molecular formula is C16H18. The highest BCUT2D eigenvalue weighted by Gasteiger charge is 2.03. The van der Waals surface area contributed by atoms with Crippen LogP contribution >= 0.6 is 0 Å². The Labute approximate surface area is 97.9 Å². The smallest absolute Gasteiger partial charge is 0.0152 e. The van der Waals surface area contributed by atoms with E-state index in [0.29, 0.717) is 0 Å². The van der Waals surface area contributed by atoms with E-state index >= 15 is 0 Å². The summed E-state index contributed by atoms with van der Waals surface area (Å²) >= 11 is 0. The molecule has 0 unspecified atom stereocenters. The minimum Gasteiger partial charge on any atom is -0.0614 e. The molecule has 0 atom stereocenters. The molecule has 0 radical (unpaired) electrons. The quantitative estimate of drug-likeness (QED) is 0.683. The van der Waals surface area contributed by atoms with E-state index in [1.807, 2.05) is 0 Å². The summed E-state index contributed by atoms with van der Waals surface area (Å²) in [6.45, 7) is 6.56. The van der Waals surface area contributed by atoms with Gasteiger partial charge in [0, 0.05) is 0 Å². The second-order valence-electron chi connectivity index (χ2n) is 4.30. The Balaban J connectivity index is 2.54. The van der Waals surface area contributed by atoms with Crippen LogP contribution in [-0.2, 0) is 6.42 Å². The van der Waals surface area contributed by atoms with Crippen molar-refractivity contribution in [3.05, 3.63) is 59.2 Å². The molecule has 0 heteroatoms. The first-order chi connectivity index (χ1) is 7.72. The molecular weight excluding hydrogens is 192 g/mol. The molecule has 0 saturated heterocycles. The third-order valence-corrected chi connectivity index (χ3v) is 3.25. The first-order valence-corrected chi connectivity index (χ1v) is 5.88. The van der Waals surface area contributed by atoms with Gasteiger partial charge in [0.2, 0.25) is 0 Å². The Kier molecular flexibility index (Phi) is 3.09. The molecule has 2 aromatic carbocycles. The summed E-state index contributed by atoms with van der Waals surface area (Å²) in [5.74, 6) is 0. The van der Waals surface area contributed by atoms with Gasteiger partial charge >= 0.3 is 0 Å². The highest BCUT2D eigenvalue weighted by molar-refractivity contribution is 5.68. The van der Waals surface area contributed by atoms with E-state index in [9.17, 15) is 0 Å². The van der Waals surface area contributed by atoms with Gasteiger partial charge in [0.15, 0.2) is 0 Å². The summed E-state index contributed by atoms with van der Waals surface area (Å²) in [7, 11) is 0. The lowest BCUT2D eigenvalue weighted by Crippen LogP contribution is -1.88. The first kappa shape index (κ1) is 10.9. The van der Waals surface area contributed by atoms with Crippen molar-refractivity contribution < 1.29 is 0 Å². The first-order valence-electron chi connectivity index (χ1n) is 5.88. The largest absolute Gasteiger partial charge is 0.0614 e. The minimum atomic E-state index is 1.10. The maximum absolute atomic E-state index is 2.29. The predicted molar refractivity (Wildman–Crippen MR) is 70.7 cm³/mol. The molecule has 0 amide bonds. The van der Waals surface area contributed by atoms with Crippen LogP contribution in [0.3, 0.4) is 0 Å². The molecule has 16 heavy (non-hydrogen) atoms. The molecule has 0 saturated carbocycles. The van der Waals surface area contributed by atoms with E-state index in [0.717, 1.165) is 6.42 Å². The zero-order valence-electron chi connectivity index (χ0n) is 10.2. The second kappa shape index (κ2) is 4.52. The van der Waals surface area contributed by atoms with Crippen molar-refractivity contribution in [2.24, 2.45) is 0 Å². The van der Waals surface area contributed by atoms with Crippen molar-refractivity contribution in [1.29, 1.82) is 0 Å². The minimum absolute atomic E-state index is 1.10. The lowest BCUT2D eigenvalue weighted by Gasteiger charge is -2.09. The summed E-state index contributed by atoms with van der Waals surface area (Å²) < 4.78 is 0. The molecule has 0 aliphatic rings. The molecule has 0 fully saturated rings. The Morgan fingerprint density at radius 3 is 2.44 bits per heavy atom. The monoisotopic (exact) mass is 210 g/mol. The van der Waals surface area contributed by atoms with Gasteiger partial charge in [-0.1, -0.05) is 49.4 Å². The van der Waals surface area contributed by atoms with Crippen LogP contribution < -0.4 is 0 Å². The van der Waals surface area contributed by atoms with Crippen LogP contribution in [0.2, 0.25) is 0 Å². The van der Waals surface area contributed by atoms with E-state index in [2.05, 4.69) is 63.2 Å². The second-order valence-corrected chi connectivity index (χ2v) is 4.30. The van der Waals surface area contributed by atoms with Crippen molar-refractivity contribution in [3.8, 4) is 11.1 Å². The Morgan fingerprint density at radius 2 is 1.69 bits per heavy atom. The zero-order chi connectivity index (χ0) is 11.5. The molecule has 0 N–H and O–H groups in total. The summed E-state index contributed by atoms with van der Waals surface area (Å²) in [6, 6.07) is 15.3. The van der Waals surface area contributed by atoms with Crippen LogP contribution in [0, 0.1) is 13.8 Å². The fourth-order valence-electron chi connectivity index (χ4n) is 2.02. The maximum atomic E-state index is 2.29. The molecule has 0 bridgehead atoms. The van der Waals surface area contributed by atoms with Crippen LogP contribution in [0.25, 0.3) is 11.1 Å². The Bertz CT molecular complexity index is 495. The molecule has 0 heterocycles. The van der Waals surface area contributed by atoms with Crippen LogP contribution in [0.5, 0.6) is 0 Å². The summed E-state index contributed by atoms with van der Waals surface area (Å²) in [5, 5.41) is 0. The lowest BCUT2D eigenvalue weighted by atomic mass is 9.95. The SMILES string of the molecule is CCc1cccc(-c2cccc(C)c2C)c1. The molecule has 2 aromatic rings. The average molecular weight is 210 g/mol. The van der Waals surface area contributed by atoms with Crippen molar-refractivity contribution in [1.82, 2.24) is 0 Å². The van der Waals surface area contributed by atoms with Crippen LogP contribution in [0.1, 0.15) is 23.6 Å². The maximum Gasteiger partial charge on any atom is -0.0152 e. The summed E-state index contributed by atoms with van der Waals surface area (Å²) in [6.07, 6.45) is 1.10. The topological polar surface area (TPSA) is 0 Å². The van der Waals surface area contributed by atoms with E-state index in [1.165, 1.54) is 27.8 Å². The van der Waals surface area contributed by atoms with Gasteiger partial charge in [-0.2, -0.15) is 0 Å². The van der Waals surface area contributed by atoms with E-state index in [4.69, 9.17) is 0 Å². The van der Waals surface area contributed by atoms with Gasteiger partial charge in [0.05, 0.1) is 0 Å². The fourth-order valence-corrected chi connectivity index (χ4v) is 2.02. The molecule has 0 nitrogen and oxygen atoms in total. The van der Waals surface area contributed by atoms with Gasteiger partial charge in [-0.3, -0.25) is 0 Å². The van der Waals surface area contributed by atoms with E-state index < -0.39 is 0 Å². The van der Waals surface area contributed by atoms with Gasteiger partial charge in [-0.15, -0.1) is 0 Å². The van der Waals surface area contributed by atoms with Crippen molar-refractivity contribution in [2.45, 2.75) is 27.2 Å². The van der Waals surface area contributed by atoms with Gasteiger partial charge in [-0.05, 0) is 48.1 Å².